The summed E-state index contributed by atoms with van der Waals surface area (Å²) in [4.78, 5) is 4.98. The van der Waals surface area contributed by atoms with Crippen molar-refractivity contribution in [2.75, 3.05) is 0 Å². The molecule has 0 aliphatic rings. The Morgan fingerprint density at radius 2 is 1.75 bits per heavy atom. The number of rotatable bonds is 6. The molecule has 0 saturated heterocycles. The molecule has 2 N–H and O–H groups in total. The normalized spacial score (nSPS) is 12.7. The summed E-state index contributed by atoms with van der Waals surface area (Å²) in [5.74, 6) is 0.878. The first-order valence-corrected chi connectivity index (χ1v) is 12.3. The van der Waals surface area contributed by atoms with Crippen molar-refractivity contribution >= 4 is 23.2 Å². The molecule has 182 valence electrons. The SMILES string of the molecule is CC=c1c(C)c(C)c(O)c2c1nc(=CCCC)n2Cc1ccc(-c2ccccc2-c2nn[nH]n2)cc1. The zero-order valence-electron chi connectivity index (χ0n) is 21.1. The largest absolute Gasteiger partial charge is 0.505 e. The number of unbranched alkanes of at least 4 members (excludes halogenated alkanes) is 1. The van der Waals surface area contributed by atoms with Gasteiger partial charge < -0.3 is 9.67 Å². The molecule has 3 aromatic carbocycles. The van der Waals surface area contributed by atoms with Gasteiger partial charge in [-0.3, -0.25) is 0 Å². The molecule has 0 amide bonds. The van der Waals surface area contributed by atoms with Crippen molar-refractivity contribution in [2.45, 2.75) is 47.1 Å². The Balaban J connectivity index is 1.60. The van der Waals surface area contributed by atoms with Crippen LogP contribution in [0.1, 0.15) is 43.4 Å². The lowest BCUT2D eigenvalue weighted by atomic mass is 9.98. The fourth-order valence-electron chi connectivity index (χ4n) is 4.75. The maximum Gasteiger partial charge on any atom is 0.205 e. The van der Waals surface area contributed by atoms with Crippen LogP contribution in [-0.4, -0.2) is 35.3 Å². The first-order chi connectivity index (χ1) is 17.5. The van der Waals surface area contributed by atoms with Gasteiger partial charge in [0.05, 0.1) is 0 Å². The summed E-state index contributed by atoms with van der Waals surface area (Å²) in [6.07, 6.45) is 6.22. The lowest BCUT2D eigenvalue weighted by molar-refractivity contribution is 0.473. The summed E-state index contributed by atoms with van der Waals surface area (Å²) in [7, 11) is 0. The van der Waals surface area contributed by atoms with Crippen LogP contribution in [0.4, 0.5) is 0 Å². The highest BCUT2D eigenvalue weighted by Gasteiger charge is 2.17. The molecular formula is C29H30N6O. The number of hydrogen-bond donors (Lipinski definition) is 2. The number of nitrogens with one attached hydrogen (secondary N) is 1. The van der Waals surface area contributed by atoms with Crippen molar-refractivity contribution in [3.05, 3.63) is 75.9 Å². The summed E-state index contributed by atoms with van der Waals surface area (Å²) in [5, 5.41) is 26.8. The summed E-state index contributed by atoms with van der Waals surface area (Å²) < 4.78 is 2.14. The second kappa shape index (κ2) is 9.77. The molecule has 7 heteroatoms. The molecule has 5 rings (SSSR count). The van der Waals surface area contributed by atoms with Crippen molar-refractivity contribution in [3.8, 4) is 28.3 Å². The molecule has 0 aliphatic heterocycles. The molecule has 2 heterocycles. The van der Waals surface area contributed by atoms with E-state index in [0.29, 0.717) is 18.1 Å². The van der Waals surface area contributed by atoms with E-state index >= 15 is 0 Å². The van der Waals surface area contributed by atoms with E-state index in [9.17, 15) is 5.11 Å². The van der Waals surface area contributed by atoms with E-state index in [4.69, 9.17) is 4.98 Å². The molecule has 0 unspecified atom stereocenters. The topological polar surface area (TPSA) is 92.5 Å². The third kappa shape index (κ3) is 4.06. The number of phenols is 1. The number of tetrazole rings is 1. The lowest BCUT2D eigenvalue weighted by Gasteiger charge is -2.12. The van der Waals surface area contributed by atoms with Crippen LogP contribution in [-0.2, 0) is 6.54 Å². The van der Waals surface area contributed by atoms with Crippen molar-refractivity contribution in [1.29, 1.82) is 0 Å². The molecule has 0 spiro atoms. The van der Waals surface area contributed by atoms with E-state index < -0.39 is 0 Å². The number of phenolic OH excluding ortho intramolecular Hbond substituents is 1. The number of aromatic nitrogens is 6. The van der Waals surface area contributed by atoms with Crippen LogP contribution in [0.2, 0.25) is 0 Å². The highest BCUT2D eigenvalue weighted by Crippen LogP contribution is 2.30. The highest BCUT2D eigenvalue weighted by atomic mass is 16.3. The third-order valence-corrected chi connectivity index (χ3v) is 6.82. The number of benzene rings is 3. The molecule has 36 heavy (non-hydrogen) atoms. The second-order valence-electron chi connectivity index (χ2n) is 9.03. The molecule has 5 aromatic rings. The van der Waals surface area contributed by atoms with E-state index in [1.807, 2.05) is 39.0 Å². The molecule has 2 aromatic heterocycles. The average Bonchev–Trinajstić information content (AvgIpc) is 3.56. The molecule has 0 atom stereocenters. The predicted octanol–water partition coefficient (Wildman–Crippen LogP) is 4.64. The second-order valence-corrected chi connectivity index (χ2v) is 9.03. The number of hydrogen-bond acceptors (Lipinski definition) is 5. The summed E-state index contributed by atoms with van der Waals surface area (Å²) in [6, 6.07) is 16.5. The molecular weight excluding hydrogens is 448 g/mol. The minimum Gasteiger partial charge on any atom is -0.505 e. The Kier molecular flexibility index (Phi) is 6.38. The van der Waals surface area contributed by atoms with Crippen LogP contribution in [0.15, 0.2) is 48.5 Å². The van der Waals surface area contributed by atoms with Gasteiger partial charge in [-0.25, -0.2) is 4.98 Å². The minimum atomic E-state index is 0.308. The van der Waals surface area contributed by atoms with E-state index in [-0.39, 0.29) is 0 Å². The zero-order chi connectivity index (χ0) is 25.2. The highest BCUT2D eigenvalue weighted by molar-refractivity contribution is 5.86. The van der Waals surface area contributed by atoms with Crippen LogP contribution in [0.25, 0.3) is 45.7 Å². The van der Waals surface area contributed by atoms with E-state index in [2.05, 4.69) is 74.6 Å². The Labute approximate surface area is 209 Å². The fourth-order valence-corrected chi connectivity index (χ4v) is 4.75. The van der Waals surface area contributed by atoms with Gasteiger partial charge in [0, 0.05) is 17.3 Å². The minimum absolute atomic E-state index is 0.308. The zero-order valence-corrected chi connectivity index (χ0v) is 21.1. The number of imidazole rings is 1. The van der Waals surface area contributed by atoms with E-state index in [0.717, 1.165) is 68.0 Å². The van der Waals surface area contributed by atoms with Crippen LogP contribution in [0.5, 0.6) is 5.75 Å². The monoisotopic (exact) mass is 478 g/mol. The molecule has 0 fully saturated rings. The van der Waals surface area contributed by atoms with Gasteiger partial charge in [0.15, 0.2) is 0 Å². The molecule has 0 saturated carbocycles. The van der Waals surface area contributed by atoms with Crippen molar-refractivity contribution in [2.24, 2.45) is 0 Å². The smallest absolute Gasteiger partial charge is 0.205 e. The molecule has 0 aliphatic carbocycles. The lowest BCUT2D eigenvalue weighted by Crippen LogP contribution is -2.19. The maximum atomic E-state index is 11.2. The van der Waals surface area contributed by atoms with Crippen LogP contribution in [0.3, 0.4) is 0 Å². The van der Waals surface area contributed by atoms with Crippen LogP contribution in [0, 0.1) is 13.8 Å². The van der Waals surface area contributed by atoms with Crippen molar-refractivity contribution in [3.63, 3.8) is 0 Å². The first kappa shape index (κ1) is 23.5. The summed E-state index contributed by atoms with van der Waals surface area (Å²) in [6.45, 7) is 8.81. The standard InChI is InChI=1S/C29H30N6O/c1-5-7-12-25-30-26-22(6-2)18(3)19(4)28(36)27(26)35(25)17-20-13-15-21(16-14-20)23-10-8-9-11-24(23)29-31-33-34-32-29/h6,8-16,36H,5,7,17H2,1-4H3,(H,31,32,33,34). The maximum absolute atomic E-state index is 11.2. The Bertz CT molecular complexity index is 1650. The number of aromatic amines is 1. The van der Waals surface area contributed by atoms with Gasteiger partial charge in [-0.05, 0) is 66.3 Å². The number of fused-ring (bicyclic) bond motifs is 1. The van der Waals surface area contributed by atoms with Gasteiger partial charge in [-0.2, -0.15) is 5.21 Å². The van der Waals surface area contributed by atoms with Crippen molar-refractivity contribution < 1.29 is 5.11 Å². The van der Waals surface area contributed by atoms with Crippen LogP contribution < -0.4 is 10.7 Å². The quantitative estimate of drug-likeness (QED) is 0.371. The average molecular weight is 479 g/mol. The number of H-pyrrole nitrogens is 1. The first-order valence-electron chi connectivity index (χ1n) is 12.3. The van der Waals surface area contributed by atoms with Gasteiger partial charge in [-0.1, -0.05) is 68.0 Å². The number of nitrogens with zero attached hydrogens (tertiary/aromatic N) is 5. The van der Waals surface area contributed by atoms with Crippen LogP contribution >= 0.6 is 0 Å². The third-order valence-electron chi connectivity index (χ3n) is 6.82. The van der Waals surface area contributed by atoms with Gasteiger partial charge in [-0.15, -0.1) is 10.2 Å². The predicted molar refractivity (Wildman–Crippen MR) is 144 cm³/mol. The number of aromatic hydroxyl groups is 1. The molecule has 0 radical (unpaired) electrons. The molecule has 7 nitrogen and oxygen atoms in total. The summed E-state index contributed by atoms with van der Waals surface area (Å²) >= 11 is 0. The Morgan fingerprint density at radius 3 is 2.42 bits per heavy atom. The van der Waals surface area contributed by atoms with Crippen molar-refractivity contribution in [1.82, 2.24) is 30.2 Å². The summed E-state index contributed by atoms with van der Waals surface area (Å²) in [5.41, 5.74) is 8.67. The Morgan fingerprint density at radius 1 is 1.00 bits per heavy atom. The van der Waals surface area contributed by atoms with Gasteiger partial charge in [0.2, 0.25) is 5.82 Å². The van der Waals surface area contributed by atoms with Gasteiger partial charge in [0.25, 0.3) is 0 Å². The van der Waals surface area contributed by atoms with E-state index in [1.54, 1.807) is 0 Å². The Hall–Kier alpha value is -4.26. The van der Waals surface area contributed by atoms with Gasteiger partial charge >= 0.3 is 0 Å². The van der Waals surface area contributed by atoms with Gasteiger partial charge in [0.1, 0.15) is 22.3 Å². The fraction of sp³-hybridized carbons (Fsp3) is 0.241. The molecule has 0 bridgehead atoms. The van der Waals surface area contributed by atoms with E-state index in [1.165, 1.54) is 0 Å².